The number of rotatable bonds is 4. The van der Waals surface area contributed by atoms with Crippen LogP contribution < -0.4 is 10.1 Å². The summed E-state index contributed by atoms with van der Waals surface area (Å²) in [5.41, 5.74) is 5.49. The van der Waals surface area contributed by atoms with Gasteiger partial charge in [0.25, 0.3) is 0 Å². The van der Waals surface area contributed by atoms with E-state index in [-0.39, 0.29) is 0 Å². The quantitative estimate of drug-likeness (QED) is 0.905. The molecular weight excluding hydrogens is 246 g/mol. The fourth-order valence-electron chi connectivity index (χ4n) is 3.01. The second-order valence-electron chi connectivity index (χ2n) is 5.25. The number of aryl methyl sites for hydroxylation is 1. The molecule has 0 aliphatic heterocycles. The molecule has 0 amide bonds. The molecule has 20 heavy (non-hydrogen) atoms. The van der Waals surface area contributed by atoms with E-state index < -0.39 is 0 Å². The second kappa shape index (κ2) is 5.68. The molecule has 0 heterocycles. The monoisotopic (exact) mass is 267 g/mol. The lowest BCUT2D eigenvalue weighted by molar-refractivity contribution is 0.340. The van der Waals surface area contributed by atoms with Crippen LogP contribution in [0.4, 0.5) is 0 Å². The van der Waals surface area contributed by atoms with Crippen LogP contribution in [0.1, 0.15) is 30.5 Å². The van der Waals surface area contributed by atoms with Crippen molar-refractivity contribution < 1.29 is 4.74 Å². The molecule has 0 saturated carbocycles. The van der Waals surface area contributed by atoms with Crippen LogP contribution in [0.2, 0.25) is 0 Å². The van der Waals surface area contributed by atoms with Crippen LogP contribution in [0, 0.1) is 0 Å². The lowest BCUT2D eigenvalue weighted by atomic mass is 10.00. The predicted octanol–water partition coefficient (Wildman–Crippen LogP) is 3.96. The summed E-state index contributed by atoms with van der Waals surface area (Å²) in [7, 11) is 2.04. The number of hydrogen-bond donors (Lipinski definition) is 1. The zero-order chi connectivity index (χ0) is 13.9. The van der Waals surface area contributed by atoms with Gasteiger partial charge < -0.3 is 10.1 Å². The van der Waals surface area contributed by atoms with Gasteiger partial charge in [-0.3, -0.25) is 0 Å². The SMILES string of the molecule is CCOc1ccc(-c2ccc3c(c2)CCC3NC)cc1. The summed E-state index contributed by atoms with van der Waals surface area (Å²) in [4.78, 5) is 0. The minimum Gasteiger partial charge on any atom is -0.494 e. The molecular formula is C18H21NO. The van der Waals surface area contributed by atoms with Crippen molar-refractivity contribution in [2.45, 2.75) is 25.8 Å². The average Bonchev–Trinajstić information content (AvgIpc) is 2.90. The van der Waals surface area contributed by atoms with Crippen LogP contribution in [-0.4, -0.2) is 13.7 Å². The van der Waals surface area contributed by atoms with Crippen LogP contribution in [0.3, 0.4) is 0 Å². The van der Waals surface area contributed by atoms with Crippen molar-refractivity contribution in [1.82, 2.24) is 5.32 Å². The maximum absolute atomic E-state index is 5.49. The van der Waals surface area contributed by atoms with E-state index in [4.69, 9.17) is 4.74 Å². The summed E-state index contributed by atoms with van der Waals surface area (Å²) in [5, 5.41) is 3.38. The van der Waals surface area contributed by atoms with Crippen molar-refractivity contribution in [2.24, 2.45) is 0 Å². The summed E-state index contributed by atoms with van der Waals surface area (Å²) in [6, 6.07) is 15.7. The summed E-state index contributed by atoms with van der Waals surface area (Å²) in [6.07, 6.45) is 2.38. The predicted molar refractivity (Wildman–Crippen MR) is 83.2 cm³/mol. The first-order valence-corrected chi connectivity index (χ1v) is 7.35. The lowest BCUT2D eigenvalue weighted by Crippen LogP contribution is -2.12. The van der Waals surface area contributed by atoms with Gasteiger partial charge in [0.1, 0.15) is 5.75 Å². The van der Waals surface area contributed by atoms with Crippen LogP contribution in [0.25, 0.3) is 11.1 Å². The van der Waals surface area contributed by atoms with E-state index in [0.29, 0.717) is 12.6 Å². The smallest absolute Gasteiger partial charge is 0.119 e. The van der Waals surface area contributed by atoms with Gasteiger partial charge in [-0.2, -0.15) is 0 Å². The molecule has 2 aromatic carbocycles. The van der Waals surface area contributed by atoms with E-state index in [1.54, 1.807) is 0 Å². The zero-order valence-corrected chi connectivity index (χ0v) is 12.1. The molecule has 0 radical (unpaired) electrons. The Morgan fingerprint density at radius 2 is 1.85 bits per heavy atom. The third-order valence-corrected chi connectivity index (χ3v) is 4.07. The average molecular weight is 267 g/mol. The minimum absolute atomic E-state index is 0.527. The Morgan fingerprint density at radius 1 is 1.10 bits per heavy atom. The van der Waals surface area contributed by atoms with E-state index in [1.165, 1.54) is 35.1 Å². The Balaban J connectivity index is 1.88. The molecule has 1 aliphatic carbocycles. The first-order valence-electron chi connectivity index (χ1n) is 7.35. The fraction of sp³-hybridized carbons (Fsp3) is 0.333. The standard InChI is InChI=1S/C18H21NO/c1-3-20-16-8-4-13(5-9-16)14-6-10-17-15(12-14)7-11-18(17)19-2/h4-6,8-10,12,18-19H,3,7,11H2,1-2H3. The Kier molecular flexibility index (Phi) is 3.75. The second-order valence-corrected chi connectivity index (χ2v) is 5.25. The van der Waals surface area contributed by atoms with E-state index >= 15 is 0 Å². The van der Waals surface area contributed by atoms with Gasteiger partial charge in [-0.05, 0) is 61.2 Å². The molecule has 1 N–H and O–H groups in total. The molecule has 104 valence electrons. The largest absolute Gasteiger partial charge is 0.494 e. The molecule has 2 nitrogen and oxygen atoms in total. The summed E-state index contributed by atoms with van der Waals surface area (Å²) < 4.78 is 5.49. The molecule has 3 rings (SSSR count). The highest BCUT2D eigenvalue weighted by Gasteiger charge is 2.20. The summed E-state index contributed by atoms with van der Waals surface area (Å²) in [5.74, 6) is 0.938. The first kappa shape index (κ1) is 13.2. The van der Waals surface area contributed by atoms with Gasteiger partial charge in [-0.1, -0.05) is 30.3 Å². The maximum atomic E-state index is 5.49. The van der Waals surface area contributed by atoms with Crippen molar-refractivity contribution in [3.8, 4) is 16.9 Å². The van der Waals surface area contributed by atoms with E-state index in [0.717, 1.165) is 5.75 Å². The molecule has 0 aromatic heterocycles. The lowest BCUT2D eigenvalue weighted by Gasteiger charge is -2.11. The summed E-state index contributed by atoms with van der Waals surface area (Å²) in [6.45, 7) is 2.72. The zero-order valence-electron chi connectivity index (χ0n) is 12.1. The Bertz CT molecular complexity index is 589. The molecule has 1 aliphatic rings. The third-order valence-electron chi connectivity index (χ3n) is 4.07. The highest BCUT2D eigenvalue weighted by atomic mass is 16.5. The van der Waals surface area contributed by atoms with Crippen molar-refractivity contribution in [2.75, 3.05) is 13.7 Å². The number of ether oxygens (including phenoxy) is 1. The normalized spacial score (nSPS) is 17.0. The van der Waals surface area contributed by atoms with E-state index in [9.17, 15) is 0 Å². The molecule has 0 bridgehead atoms. The maximum Gasteiger partial charge on any atom is 0.119 e. The minimum atomic E-state index is 0.527. The molecule has 2 aromatic rings. The van der Waals surface area contributed by atoms with Gasteiger partial charge in [-0.15, -0.1) is 0 Å². The topological polar surface area (TPSA) is 21.3 Å². The van der Waals surface area contributed by atoms with Crippen molar-refractivity contribution in [3.63, 3.8) is 0 Å². The van der Waals surface area contributed by atoms with Crippen LogP contribution >= 0.6 is 0 Å². The number of hydrogen-bond acceptors (Lipinski definition) is 2. The van der Waals surface area contributed by atoms with Crippen molar-refractivity contribution >= 4 is 0 Å². The Morgan fingerprint density at radius 3 is 2.55 bits per heavy atom. The van der Waals surface area contributed by atoms with Crippen LogP contribution in [0.15, 0.2) is 42.5 Å². The molecule has 0 spiro atoms. The van der Waals surface area contributed by atoms with Gasteiger partial charge in [0.05, 0.1) is 6.61 Å². The molecule has 1 unspecified atom stereocenters. The van der Waals surface area contributed by atoms with Crippen molar-refractivity contribution in [1.29, 1.82) is 0 Å². The van der Waals surface area contributed by atoms with Gasteiger partial charge in [-0.25, -0.2) is 0 Å². The van der Waals surface area contributed by atoms with Gasteiger partial charge >= 0.3 is 0 Å². The Hall–Kier alpha value is -1.80. The van der Waals surface area contributed by atoms with Gasteiger partial charge in [0.2, 0.25) is 0 Å². The highest BCUT2D eigenvalue weighted by Crippen LogP contribution is 2.34. The third kappa shape index (κ3) is 2.44. The molecule has 2 heteroatoms. The van der Waals surface area contributed by atoms with E-state index in [2.05, 4.69) is 35.6 Å². The number of nitrogens with one attached hydrogen (secondary N) is 1. The van der Waals surface area contributed by atoms with Crippen LogP contribution in [0.5, 0.6) is 5.75 Å². The number of fused-ring (bicyclic) bond motifs is 1. The van der Waals surface area contributed by atoms with Crippen LogP contribution in [-0.2, 0) is 6.42 Å². The Labute approximate surface area is 120 Å². The highest BCUT2D eigenvalue weighted by molar-refractivity contribution is 5.66. The molecule has 0 fully saturated rings. The molecule has 0 saturated heterocycles. The number of benzene rings is 2. The summed E-state index contributed by atoms with van der Waals surface area (Å²) >= 11 is 0. The fourth-order valence-corrected chi connectivity index (χ4v) is 3.01. The first-order chi connectivity index (χ1) is 9.81. The van der Waals surface area contributed by atoms with Gasteiger partial charge in [0.15, 0.2) is 0 Å². The van der Waals surface area contributed by atoms with Gasteiger partial charge in [0, 0.05) is 6.04 Å². The van der Waals surface area contributed by atoms with E-state index in [1.807, 2.05) is 26.1 Å². The van der Waals surface area contributed by atoms with Crippen molar-refractivity contribution in [3.05, 3.63) is 53.6 Å². The molecule has 1 atom stereocenters.